The molecule has 5 heteroatoms. The van der Waals surface area contributed by atoms with Gasteiger partial charge in [-0.1, -0.05) is 18.2 Å². The molecule has 0 aromatic heterocycles. The second kappa shape index (κ2) is 3.84. The Labute approximate surface area is 98.4 Å². The van der Waals surface area contributed by atoms with E-state index in [4.69, 9.17) is 0 Å². The summed E-state index contributed by atoms with van der Waals surface area (Å²) in [6, 6.07) is 5.80. The van der Waals surface area contributed by atoms with Crippen molar-refractivity contribution in [1.82, 2.24) is 10.2 Å². The number of nitrogens with zero attached hydrogens (tertiary/aromatic N) is 1. The highest BCUT2D eigenvalue weighted by molar-refractivity contribution is 6.06. The van der Waals surface area contributed by atoms with Crippen molar-refractivity contribution in [3.05, 3.63) is 35.6 Å². The number of amides is 3. The van der Waals surface area contributed by atoms with E-state index in [1.165, 1.54) is 18.0 Å². The van der Waals surface area contributed by atoms with Gasteiger partial charge < -0.3 is 4.90 Å². The van der Waals surface area contributed by atoms with Crippen molar-refractivity contribution in [2.45, 2.75) is 18.9 Å². The van der Waals surface area contributed by atoms with Crippen LogP contribution >= 0.6 is 0 Å². The first-order valence-electron chi connectivity index (χ1n) is 5.28. The molecule has 1 aliphatic rings. The molecule has 0 spiro atoms. The van der Waals surface area contributed by atoms with Crippen LogP contribution in [-0.2, 0) is 11.2 Å². The Morgan fingerprint density at radius 3 is 2.53 bits per heavy atom. The van der Waals surface area contributed by atoms with E-state index in [0.717, 1.165) is 0 Å². The summed E-state index contributed by atoms with van der Waals surface area (Å²) in [5.41, 5.74) is -0.606. The molecular weight excluding hydrogens is 223 g/mol. The van der Waals surface area contributed by atoms with Gasteiger partial charge >= 0.3 is 6.03 Å². The molecule has 90 valence electrons. The molecule has 0 radical (unpaired) electrons. The number of hydrogen-bond acceptors (Lipinski definition) is 2. The number of benzene rings is 1. The lowest BCUT2D eigenvalue weighted by Gasteiger charge is -2.28. The largest absolute Gasteiger partial charge is 0.324 e. The van der Waals surface area contributed by atoms with Gasteiger partial charge in [0.15, 0.2) is 0 Å². The molecular formula is C12H13FN2O2. The lowest BCUT2D eigenvalue weighted by Crippen LogP contribution is -2.46. The van der Waals surface area contributed by atoms with Crippen LogP contribution in [0.3, 0.4) is 0 Å². The number of likely N-dealkylation sites (N-methyl/N-ethyl adjacent to an activating group) is 1. The number of rotatable bonds is 2. The van der Waals surface area contributed by atoms with E-state index in [2.05, 4.69) is 5.32 Å². The molecule has 1 atom stereocenters. The van der Waals surface area contributed by atoms with Gasteiger partial charge in [-0.3, -0.25) is 10.1 Å². The van der Waals surface area contributed by atoms with Crippen LogP contribution in [0, 0.1) is 5.82 Å². The second-order valence-electron chi connectivity index (χ2n) is 4.36. The van der Waals surface area contributed by atoms with Crippen molar-refractivity contribution in [2.24, 2.45) is 0 Å². The van der Waals surface area contributed by atoms with Gasteiger partial charge in [-0.15, -0.1) is 0 Å². The smallest absolute Gasteiger partial charge is 0.313 e. The SMILES string of the molecule is CN1C(=O)NC(=O)C1(C)Cc1ccccc1F. The number of carbonyl (C=O) groups is 2. The predicted octanol–water partition coefficient (Wildman–Crippen LogP) is 1.31. The van der Waals surface area contributed by atoms with Gasteiger partial charge in [0.1, 0.15) is 11.4 Å². The van der Waals surface area contributed by atoms with Crippen LogP contribution < -0.4 is 5.32 Å². The number of carbonyl (C=O) groups excluding carboxylic acids is 2. The highest BCUT2D eigenvalue weighted by Crippen LogP contribution is 2.25. The Morgan fingerprint density at radius 2 is 2.00 bits per heavy atom. The van der Waals surface area contributed by atoms with Crippen molar-refractivity contribution in [3.63, 3.8) is 0 Å². The summed E-state index contributed by atoms with van der Waals surface area (Å²) >= 11 is 0. The number of nitrogens with one attached hydrogen (secondary N) is 1. The van der Waals surface area contributed by atoms with Crippen LogP contribution in [0.5, 0.6) is 0 Å². The predicted molar refractivity (Wildman–Crippen MR) is 59.8 cm³/mol. The van der Waals surface area contributed by atoms with Gasteiger partial charge in [-0.2, -0.15) is 0 Å². The lowest BCUT2D eigenvalue weighted by atomic mass is 9.91. The van der Waals surface area contributed by atoms with Crippen molar-refractivity contribution < 1.29 is 14.0 Å². The number of urea groups is 1. The molecule has 1 aromatic rings. The van der Waals surface area contributed by atoms with Gasteiger partial charge in [-0.25, -0.2) is 9.18 Å². The maximum atomic E-state index is 13.5. The summed E-state index contributed by atoms with van der Waals surface area (Å²) in [7, 11) is 1.53. The molecule has 1 aliphatic heterocycles. The van der Waals surface area contributed by atoms with Gasteiger partial charge in [0.25, 0.3) is 5.91 Å². The maximum Gasteiger partial charge on any atom is 0.324 e. The zero-order chi connectivity index (χ0) is 12.6. The molecule has 0 aliphatic carbocycles. The first-order chi connectivity index (χ1) is 7.95. The Bertz CT molecular complexity index is 489. The summed E-state index contributed by atoms with van der Waals surface area (Å²) in [5.74, 6) is -0.762. The van der Waals surface area contributed by atoms with Crippen LogP contribution in [0.25, 0.3) is 0 Å². The molecule has 4 nitrogen and oxygen atoms in total. The van der Waals surface area contributed by atoms with Crippen LogP contribution in [0.1, 0.15) is 12.5 Å². The molecule has 2 rings (SSSR count). The van der Waals surface area contributed by atoms with Gasteiger partial charge in [0, 0.05) is 13.5 Å². The molecule has 17 heavy (non-hydrogen) atoms. The quantitative estimate of drug-likeness (QED) is 0.787. The summed E-state index contributed by atoms with van der Waals surface area (Å²) in [5, 5.41) is 2.22. The second-order valence-corrected chi connectivity index (χ2v) is 4.36. The minimum atomic E-state index is -1.03. The Balaban J connectivity index is 2.32. The molecule has 1 heterocycles. The van der Waals surface area contributed by atoms with E-state index in [0.29, 0.717) is 5.56 Å². The van der Waals surface area contributed by atoms with Crippen LogP contribution in [0.2, 0.25) is 0 Å². The summed E-state index contributed by atoms with van der Waals surface area (Å²) in [6.07, 6.45) is 0.160. The third-order valence-electron chi connectivity index (χ3n) is 3.25. The fraction of sp³-hybridized carbons (Fsp3) is 0.333. The third kappa shape index (κ3) is 1.77. The van der Waals surface area contributed by atoms with Crippen LogP contribution in [-0.4, -0.2) is 29.4 Å². The minimum Gasteiger partial charge on any atom is -0.313 e. The van der Waals surface area contributed by atoms with Gasteiger partial charge in [0.2, 0.25) is 0 Å². The first kappa shape index (κ1) is 11.6. The highest BCUT2D eigenvalue weighted by Gasteiger charge is 2.47. The molecule has 1 N–H and O–H groups in total. The van der Waals surface area contributed by atoms with E-state index in [-0.39, 0.29) is 12.2 Å². The number of halogens is 1. The normalized spacial score (nSPS) is 24.1. The molecule has 1 saturated heterocycles. The van der Waals surface area contributed by atoms with Crippen molar-refractivity contribution in [3.8, 4) is 0 Å². The summed E-state index contributed by atoms with van der Waals surface area (Å²) in [6.45, 7) is 1.62. The molecule has 3 amide bonds. The maximum absolute atomic E-state index is 13.5. The van der Waals surface area contributed by atoms with Crippen molar-refractivity contribution in [1.29, 1.82) is 0 Å². The van der Waals surface area contributed by atoms with Crippen LogP contribution in [0.15, 0.2) is 24.3 Å². The van der Waals surface area contributed by atoms with E-state index >= 15 is 0 Å². The van der Waals surface area contributed by atoms with E-state index in [1.807, 2.05) is 0 Å². The molecule has 0 saturated carbocycles. The Kier molecular flexibility index (Phi) is 2.61. The number of imide groups is 1. The fourth-order valence-electron chi connectivity index (χ4n) is 1.90. The molecule has 1 unspecified atom stereocenters. The van der Waals surface area contributed by atoms with Crippen molar-refractivity contribution >= 4 is 11.9 Å². The van der Waals surface area contributed by atoms with Crippen molar-refractivity contribution in [2.75, 3.05) is 7.05 Å². The summed E-state index contributed by atoms with van der Waals surface area (Å²) in [4.78, 5) is 24.4. The minimum absolute atomic E-state index is 0.160. The van der Waals surface area contributed by atoms with Crippen LogP contribution in [0.4, 0.5) is 9.18 Å². The highest BCUT2D eigenvalue weighted by atomic mass is 19.1. The van der Waals surface area contributed by atoms with Gasteiger partial charge in [0.05, 0.1) is 0 Å². The summed E-state index contributed by atoms with van der Waals surface area (Å²) < 4.78 is 13.5. The average molecular weight is 236 g/mol. The Hall–Kier alpha value is -1.91. The molecule has 0 bridgehead atoms. The zero-order valence-corrected chi connectivity index (χ0v) is 9.66. The number of hydrogen-bond donors (Lipinski definition) is 1. The standard InChI is InChI=1S/C12H13FN2O2/c1-12(10(16)14-11(17)15(12)2)7-8-5-3-4-6-9(8)13/h3-6H,7H2,1-2H3,(H,14,16,17). The Morgan fingerprint density at radius 1 is 1.35 bits per heavy atom. The molecule has 1 aromatic carbocycles. The van der Waals surface area contributed by atoms with E-state index in [9.17, 15) is 14.0 Å². The lowest BCUT2D eigenvalue weighted by molar-refractivity contribution is -0.125. The van der Waals surface area contributed by atoms with E-state index in [1.54, 1.807) is 25.1 Å². The zero-order valence-electron chi connectivity index (χ0n) is 9.66. The third-order valence-corrected chi connectivity index (χ3v) is 3.25. The molecule has 1 fully saturated rings. The monoisotopic (exact) mass is 236 g/mol. The first-order valence-corrected chi connectivity index (χ1v) is 5.28. The van der Waals surface area contributed by atoms with Gasteiger partial charge in [-0.05, 0) is 18.6 Å². The van der Waals surface area contributed by atoms with E-state index < -0.39 is 17.5 Å². The average Bonchev–Trinajstić information content (AvgIpc) is 2.47. The fourth-order valence-corrected chi connectivity index (χ4v) is 1.90. The topological polar surface area (TPSA) is 49.4 Å².